The van der Waals surface area contributed by atoms with Crippen molar-refractivity contribution in [3.8, 4) is 0 Å². The van der Waals surface area contributed by atoms with Crippen LogP contribution in [-0.2, 0) is 6.54 Å². The Morgan fingerprint density at radius 1 is 1.41 bits per heavy atom. The molecule has 1 aromatic heterocycles. The second-order valence-corrected chi connectivity index (χ2v) is 6.60. The molecule has 0 aliphatic heterocycles. The zero-order valence-electron chi connectivity index (χ0n) is 11.7. The van der Waals surface area contributed by atoms with Gasteiger partial charge in [-0.15, -0.1) is 0 Å². The molecule has 1 aliphatic carbocycles. The molecule has 0 radical (unpaired) electrons. The first kappa shape index (κ1) is 12.7. The molecule has 1 atom stereocenters. The molecular formula is C15H26N2. The molecule has 0 amide bonds. The predicted octanol–water partition coefficient (Wildman–Crippen LogP) is 3.59. The summed E-state index contributed by atoms with van der Waals surface area (Å²) in [5.74, 6) is 0.874. The Bertz CT molecular complexity index is 355. The molecule has 0 bridgehead atoms. The number of hydrogen-bond acceptors (Lipinski definition) is 1. The lowest BCUT2D eigenvalue weighted by Gasteiger charge is -2.18. The standard InChI is InChI=1S/C15H26N2/c1-15(2,3)8-10-17-9-7-13(11-17)14(16-4)12-5-6-12/h7,9,11-12,14,16H,5-6,8,10H2,1-4H3. The van der Waals surface area contributed by atoms with Crippen molar-refractivity contribution in [2.24, 2.45) is 11.3 Å². The van der Waals surface area contributed by atoms with Crippen LogP contribution in [0.1, 0.15) is 51.6 Å². The van der Waals surface area contributed by atoms with E-state index in [1.54, 1.807) is 0 Å². The van der Waals surface area contributed by atoms with Crippen LogP contribution >= 0.6 is 0 Å². The third-order valence-electron chi connectivity index (χ3n) is 3.66. The highest BCUT2D eigenvalue weighted by Gasteiger charge is 2.31. The van der Waals surface area contributed by atoms with E-state index >= 15 is 0 Å². The van der Waals surface area contributed by atoms with Gasteiger partial charge < -0.3 is 9.88 Å². The summed E-state index contributed by atoms with van der Waals surface area (Å²) in [5, 5.41) is 3.45. The summed E-state index contributed by atoms with van der Waals surface area (Å²) in [4.78, 5) is 0. The first-order valence-corrected chi connectivity index (χ1v) is 6.82. The fraction of sp³-hybridized carbons (Fsp3) is 0.733. The number of aromatic nitrogens is 1. The van der Waals surface area contributed by atoms with Gasteiger partial charge in [-0.3, -0.25) is 0 Å². The molecule has 1 aromatic rings. The molecule has 0 aromatic carbocycles. The average molecular weight is 234 g/mol. The molecule has 1 fully saturated rings. The first-order chi connectivity index (χ1) is 7.99. The van der Waals surface area contributed by atoms with E-state index in [4.69, 9.17) is 0 Å². The van der Waals surface area contributed by atoms with Gasteiger partial charge in [0.2, 0.25) is 0 Å². The van der Waals surface area contributed by atoms with Crippen molar-refractivity contribution < 1.29 is 0 Å². The maximum absolute atomic E-state index is 3.45. The summed E-state index contributed by atoms with van der Waals surface area (Å²) < 4.78 is 2.34. The molecule has 1 N–H and O–H groups in total. The molecule has 2 heteroatoms. The number of rotatable bonds is 5. The minimum Gasteiger partial charge on any atom is -0.354 e. The Balaban J connectivity index is 1.95. The Morgan fingerprint density at radius 3 is 2.65 bits per heavy atom. The van der Waals surface area contributed by atoms with Crippen molar-refractivity contribution in [3.05, 3.63) is 24.0 Å². The van der Waals surface area contributed by atoms with Gasteiger partial charge in [-0.25, -0.2) is 0 Å². The van der Waals surface area contributed by atoms with Gasteiger partial charge in [0.05, 0.1) is 0 Å². The Morgan fingerprint density at radius 2 is 2.12 bits per heavy atom. The van der Waals surface area contributed by atoms with Gasteiger partial charge in [-0.2, -0.15) is 0 Å². The summed E-state index contributed by atoms with van der Waals surface area (Å²) in [6, 6.07) is 2.85. The predicted molar refractivity (Wildman–Crippen MR) is 73.0 cm³/mol. The lowest BCUT2D eigenvalue weighted by Crippen LogP contribution is -2.17. The highest BCUT2D eigenvalue weighted by molar-refractivity contribution is 5.18. The van der Waals surface area contributed by atoms with Crippen molar-refractivity contribution >= 4 is 0 Å². The third kappa shape index (κ3) is 3.60. The first-order valence-electron chi connectivity index (χ1n) is 6.82. The van der Waals surface area contributed by atoms with Gasteiger partial charge in [-0.05, 0) is 49.3 Å². The zero-order chi connectivity index (χ0) is 12.5. The molecule has 1 aliphatic rings. The summed E-state index contributed by atoms with van der Waals surface area (Å²) in [6.45, 7) is 8.04. The zero-order valence-corrected chi connectivity index (χ0v) is 11.7. The van der Waals surface area contributed by atoms with Crippen molar-refractivity contribution in [1.29, 1.82) is 0 Å². The average Bonchev–Trinajstić information content (AvgIpc) is 2.95. The lowest BCUT2D eigenvalue weighted by molar-refractivity contribution is 0.350. The molecule has 1 heterocycles. The lowest BCUT2D eigenvalue weighted by atomic mass is 9.92. The van der Waals surface area contributed by atoms with E-state index in [0.717, 1.165) is 12.5 Å². The van der Waals surface area contributed by atoms with Gasteiger partial charge in [0.15, 0.2) is 0 Å². The van der Waals surface area contributed by atoms with E-state index in [0.29, 0.717) is 11.5 Å². The normalized spacial score (nSPS) is 18.4. The highest BCUT2D eigenvalue weighted by atomic mass is 15.0. The molecule has 2 rings (SSSR count). The van der Waals surface area contributed by atoms with Crippen LogP contribution in [0.3, 0.4) is 0 Å². The third-order valence-corrected chi connectivity index (χ3v) is 3.66. The summed E-state index contributed by atoms with van der Waals surface area (Å²) in [7, 11) is 2.08. The van der Waals surface area contributed by atoms with E-state index in [-0.39, 0.29) is 0 Å². The van der Waals surface area contributed by atoms with Crippen LogP contribution in [0.5, 0.6) is 0 Å². The number of nitrogens with one attached hydrogen (secondary N) is 1. The van der Waals surface area contributed by atoms with Crippen molar-refractivity contribution in [3.63, 3.8) is 0 Å². The second kappa shape index (κ2) is 4.85. The maximum atomic E-state index is 3.45. The number of nitrogens with zero attached hydrogens (tertiary/aromatic N) is 1. The Labute approximate surface area is 105 Å². The maximum Gasteiger partial charge on any atom is 0.0361 e. The van der Waals surface area contributed by atoms with E-state index in [1.807, 2.05) is 0 Å². The van der Waals surface area contributed by atoms with Crippen LogP contribution in [-0.4, -0.2) is 11.6 Å². The minimum atomic E-state index is 0.420. The molecule has 1 unspecified atom stereocenters. The van der Waals surface area contributed by atoms with Crippen LogP contribution in [0.4, 0.5) is 0 Å². The molecule has 0 saturated heterocycles. The fourth-order valence-corrected chi connectivity index (χ4v) is 2.35. The second-order valence-electron chi connectivity index (χ2n) is 6.60. The fourth-order valence-electron chi connectivity index (χ4n) is 2.35. The Hall–Kier alpha value is -0.760. The molecule has 1 saturated carbocycles. The SMILES string of the molecule is CNC(c1ccn(CCC(C)(C)C)c1)C1CC1. The van der Waals surface area contributed by atoms with E-state index in [9.17, 15) is 0 Å². The van der Waals surface area contributed by atoms with Crippen LogP contribution in [0.25, 0.3) is 0 Å². The van der Waals surface area contributed by atoms with E-state index in [1.165, 1.54) is 24.8 Å². The topological polar surface area (TPSA) is 17.0 Å². The van der Waals surface area contributed by atoms with Crippen molar-refractivity contribution in [2.75, 3.05) is 7.05 Å². The smallest absolute Gasteiger partial charge is 0.0361 e. The molecule has 17 heavy (non-hydrogen) atoms. The van der Waals surface area contributed by atoms with Crippen molar-refractivity contribution in [1.82, 2.24) is 9.88 Å². The molecule has 0 spiro atoms. The molecule has 96 valence electrons. The summed E-state index contributed by atoms with van der Waals surface area (Å²) >= 11 is 0. The van der Waals surface area contributed by atoms with Gasteiger partial charge in [0.1, 0.15) is 0 Å². The van der Waals surface area contributed by atoms with Gasteiger partial charge in [-0.1, -0.05) is 20.8 Å². The highest BCUT2D eigenvalue weighted by Crippen LogP contribution is 2.40. The Kier molecular flexibility index (Phi) is 3.62. The van der Waals surface area contributed by atoms with Gasteiger partial charge in [0.25, 0.3) is 0 Å². The van der Waals surface area contributed by atoms with Crippen LogP contribution in [0, 0.1) is 11.3 Å². The van der Waals surface area contributed by atoms with E-state index < -0.39 is 0 Å². The largest absolute Gasteiger partial charge is 0.354 e. The van der Waals surface area contributed by atoms with Crippen LogP contribution in [0.2, 0.25) is 0 Å². The van der Waals surface area contributed by atoms with E-state index in [2.05, 4.69) is 56.2 Å². The van der Waals surface area contributed by atoms with Gasteiger partial charge in [0, 0.05) is 25.0 Å². The molecular weight excluding hydrogens is 208 g/mol. The quantitative estimate of drug-likeness (QED) is 0.823. The summed E-state index contributed by atoms with van der Waals surface area (Å²) in [5.41, 5.74) is 1.88. The van der Waals surface area contributed by atoms with Crippen LogP contribution in [0.15, 0.2) is 18.5 Å². The number of hydrogen-bond donors (Lipinski definition) is 1. The molecule has 2 nitrogen and oxygen atoms in total. The monoisotopic (exact) mass is 234 g/mol. The number of aryl methyl sites for hydroxylation is 1. The minimum absolute atomic E-state index is 0.420. The van der Waals surface area contributed by atoms with Crippen molar-refractivity contribution in [2.45, 2.75) is 52.6 Å². The summed E-state index contributed by atoms with van der Waals surface area (Å²) in [6.07, 6.45) is 8.56. The van der Waals surface area contributed by atoms with Crippen LogP contribution < -0.4 is 5.32 Å². The van der Waals surface area contributed by atoms with Gasteiger partial charge >= 0.3 is 0 Å².